The van der Waals surface area contributed by atoms with Gasteiger partial charge >= 0.3 is 0 Å². The van der Waals surface area contributed by atoms with Gasteiger partial charge in [-0.3, -0.25) is 14.6 Å². The number of hydrogen-bond donors (Lipinski definition) is 0. The Hall–Kier alpha value is -4.16. The maximum absolute atomic E-state index is 13.8. The first-order valence-corrected chi connectivity index (χ1v) is 14.4. The molecule has 1 atom stereocenters. The van der Waals surface area contributed by atoms with E-state index >= 15 is 0 Å². The monoisotopic (exact) mass is 566 g/mol. The van der Waals surface area contributed by atoms with Crippen LogP contribution in [0.2, 0.25) is 5.02 Å². The lowest BCUT2D eigenvalue weighted by atomic mass is 9.86. The van der Waals surface area contributed by atoms with Crippen molar-refractivity contribution in [2.24, 2.45) is 0 Å². The quantitative estimate of drug-likeness (QED) is 0.226. The lowest BCUT2D eigenvalue weighted by molar-refractivity contribution is -0.119. The van der Waals surface area contributed by atoms with Crippen LogP contribution in [0.3, 0.4) is 0 Å². The number of aromatic nitrogens is 1. The Balaban J connectivity index is 1.55. The molecule has 0 N–H and O–H groups in total. The lowest BCUT2D eigenvalue weighted by Gasteiger charge is -2.39. The van der Waals surface area contributed by atoms with Gasteiger partial charge in [-0.1, -0.05) is 36.7 Å². The SMILES string of the molecule is CCC(=O)N(c1ccc2c(c1)C(c1ccc(Cl)cc1)N(c1ccc(N(C)Cc3ccncc3)cc1)C(=O)C2)C(C)C. The molecule has 1 unspecified atom stereocenters. The van der Waals surface area contributed by atoms with Crippen molar-refractivity contribution < 1.29 is 9.59 Å². The summed E-state index contributed by atoms with van der Waals surface area (Å²) in [4.78, 5) is 36.6. The Labute approximate surface area is 247 Å². The zero-order valence-electron chi connectivity index (χ0n) is 23.9. The average molecular weight is 567 g/mol. The average Bonchev–Trinajstić information content (AvgIpc) is 2.97. The maximum atomic E-state index is 13.8. The minimum absolute atomic E-state index is 0.00694. The van der Waals surface area contributed by atoms with Crippen LogP contribution in [0.25, 0.3) is 0 Å². The minimum Gasteiger partial charge on any atom is -0.370 e. The lowest BCUT2D eigenvalue weighted by Crippen LogP contribution is -2.41. The third-order valence-corrected chi connectivity index (χ3v) is 7.83. The summed E-state index contributed by atoms with van der Waals surface area (Å²) in [6.07, 6.45) is 4.30. The van der Waals surface area contributed by atoms with Crippen molar-refractivity contribution in [3.05, 3.63) is 119 Å². The highest BCUT2D eigenvalue weighted by Gasteiger charge is 2.35. The Morgan fingerprint density at radius 1 is 0.976 bits per heavy atom. The van der Waals surface area contributed by atoms with Gasteiger partial charge in [0.05, 0.1) is 12.5 Å². The maximum Gasteiger partial charge on any atom is 0.232 e. The van der Waals surface area contributed by atoms with Gasteiger partial charge in [0.1, 0.15) is 0 Å². The van der Waals surface area contributed by atoms with E-state index in [1.807, 2.05) is 98.3 Å². The normalized spacial score (nSPS) is 14.6. The predicted octanol–water partition coefficient (Wildman–Crippen LogP) is 7.20. The molecule has 0 spiro atoms. The molecule has 1 aromatic heterocycles. The third-order valence-electron chi connectivity index (χ3n) is 7.58. The number of rotatable bonds is 8. The molecule has 2 heterocycles. The van der Waals surface area contributed by atoms with Crippen molar-refractivity contribution in [3.63, 3.8) is 0 Å². The zero-order chi connectivity index (χ0) is 29.1. The van der Waals surface area contributed by atoms with Crippen LogP contribution in [0.4, 0.5) is 17.1 Å². The van der Waals surface area contributed by atoms with Gasteiger partial charge < -0.3 is 14.7 Å². The smallest absolute Gasteiger partial charge is 0.232 e. The second-order valence-corrected chi connectivity index (χ2v) is 11.2. The minimum atomic E-state index is -0.366. The predicted molar refractivity (Wildman–Crippen MR) is 167 cm³/mol. The van der Waals surface area contributed by atoms with E-state index in [1.54, 1.807) is 12.4 Å². The molecular formula is C34H35ClN4O2. The number of fused-ring (bicyclic) bond motifs is 1. The molecule has 0 radical (unpaired) electrons. The van der Waals surface area contributed by atoms with Gasteiger partial charge in [-0.05, 0) is 96.8 Å². The molecule has 0 fully saturated rings. The van der Waals surface area contributed by atoms with E-state index in [2.05, 4.69) is 28.1 Å². The summed E-state index contributed by atoms with van der Waals surface area (Å²) in [7, 11) is 2.05. The van der Waals surface area contributed by atoms with E-state index < -0.39 is 0 Å². The zero-order valence-corrected chi connectivity index (χ0v) is 24.7. The fourth-order valence-corrected chi connectivity index (χ4v) is 5.69. The van der Waals surface area contributed by atoms with Crippen molar-refractivity contribution >= 4 is 40.5 Å². The molecule has 5 rings (SSSR count). The second-order valence-electron chi connectivity index (χ2n) is 10.7. The van der Waals surface area contributed by atoms with E-state index in [0.717, 1.165) is 40.3 Å². The van der Waals surface area contributed by atoms with Crippen LogP contribution < -0.4 is 14.7 Å². The standard InChI is InChI=1S/C34H35ClN4O2/c1-5-32(40)38(23(2)3)30-11-8-26-20-33(41)39(34(31(26)21-30)25-6-9-27(35)10-7-25)29-14-12-28(13-15-29)37(4)22-24-16-18-36-19-17-24/h6-19,21,23,34H,5,20,22H2,1-4H3. The van der Waals surface area contributed by atoms with Gasteiger partial charge in [-0.25, -0.2) is 0 Å². The van der Waals surface area contributed by atoms with Gasteiger partial charge in [0.25, 0.3) is 0 Å². The first-order valence-electron chi connectivity index (χ1n) is 14.0. The molecule has 1 aliphatic heterocycles. The molecule has 1 aliphatic rings. The summed E-state index contributed by atoms with van der Waals surface area (Å²) in [6, 6.07) is 25.5. The van der Waals surface area contributed by atoms with Crippen LogP contribution in [0.15, 0.2) is 91.3 Å². The van der Waals surface area contributed by atoms with Crippen LogP contribution >= 0.6 is 11.6 Å². The first-order chi connectivity index (χ1) is 19.8. The summed E-state index contributed by atoms with van der Waals surface area (Å²) in [6.45, 7) is 6.67. The van der Waals surface area contributed by atoms with E-state index in [9.17, 15) is 9.59 Å². The van der Waals surface area contributed by atoms with Gasteiger partial charge in [0.2, 0.25) is 11.8 Å². The van der Waals surface area contributed by atoms with Crippen molar-refractivity contribution in [2.45, 2.75) is 52.2 Å². The van der Waals surface area contributed by atoms with E-state index in [1.165, 1.54) is 5.56 Å². The molecule has 3 aromatic carbocycles. The molecule has 0 saturated heterocycles. The van der Waals surface area contributed by atoms with Gasteiger partial charge in [-0.2, -0.15) is 0 Å². The number of pyridine rings is 1. The molecule has 210 valence electrons. The van der Waals surface area contributed by atoms with Gasteiger partial charge in [-0.15, -0.1) is 0 Å². The molecule has 6 nitrogen and oxygen atoms in total. The van der Waals surface area contributed by atoms with Crippen molar-refractivity contribution in [1.29, 1.82) is 0 Å². The number of nitrogens with zero attached hydrogens (tertiary/aromatic N) is 4. The first kappa shape index (κ1) is 28.4. The highest BCUT2D eigenvalue weighted by molar-refractivity contribution is 6.30. The fourth-order valence-electron chi connectivity index (χ4n) is 5.57. The Kier molecular flexibility index (Phi) is 8.41. The van der Waals surface area contributed by atoms with Crippen LogP contribution in [-0.2, 0) is 22.6 Å². The Morgan fingerprint density at radius 3 is 2.27 bits per heavy atom. The van der Waals surface area contributed by atoms with E-state index in [0.29, 0.717) is 11.4 Å². The molecule has 7 heteroatoms. The van der Waals surface area contributed by atoms with Gasteiger partial charge in [0, 0.05) is 60.5 Å². The molecule has 0 aliphatic carbocycles. The summed E-state index contributed by atoms with van der Waals surface area (Å²) in [5.74, 6) is 0.0895. The number of carbonyl (C=O) groups excluding carboxylic acids is 2. The summed E-state index contributed by atoms with van der Waals surface area (Å²) >= 11 is 6.26. The van der Waals surface area contributed by atoms with Crippen molar-refractivity contribution in [3.8, 4) is 0 Å². The van der Waals surface area contributed by atoms with Gasteiger partial charge in [0.15, 0.2) is 0 Å². The van der Waals surface area contributed by atoms with Crippen LogP contribution in [0.1, 0.15) is 55.5 Å². The largest absolute Gasteiger partial charge is 0.370 e. The molecule has 0 saturated carbocycles. The molecular weight excluding hydrogens is 532 g/mol. The number of anilines is 3. The van der Waals surface area contributed by atoms with Crippen LogP contribution in [0, 0.1) is 0 Å². The summed E-state index contributed by atoms with van der Waals surface area (Å²) in [5, 5.41) is 0.637. The Morgan fingerprint density at radius 2 is 1.63 bits per heavy atom. The third kappa shape index (κ3) is 5.98. The number of halogens is 1. The van der Waals surface area contributed by atoms with Crippen molar-refractivity contribution in [1.82, 2.24) is 4.98 Å². The second kappa shape index (κ2) is 12.1. The summed E-state index contributed by atoms with van der Waals surface area (Å²) < 4.78 is 0. The van der Waals surface area contributed by atoms with Crippen LogP contribution in [-0.4, -0.2) is 29.9 Å². The van der Waals surface area contributed by atoms with E-state index in [-0.39, 0.29) is 30.3 Å². The van der Waals surface area contributed by atoms with Crippen LogP contribution in [0.5, 0.6) is 0 Å². The fraction of sp³-hybridized carbons (Fsp3) is 0.265. The Bertz CT molecular complexity index is 1520. The van der Waals surface area contributed by atoms with E-state index in [4.69, 9.17) is 11.6 Å². The number of hydrogen-bond acceptors (Lipinski definition) is 4. The number of amides is 2. The molecule has 41 heavy (non-hydrogen) atoms. The topological polar surface area (TPSA) is 56.8 Å². The molecule has 0 bridgehead atoms. The summed E-state index contributed by atoms with van der Waals surface area (Å²) in [5.41, 5.74) is 6.81. The molecule has 4 aromatic rings. The van der Waals surface area contributed by atoms with Crippen molar-refractivity contribution in [2.75, 3.05) is 21.7 Å². The highest BCUT2D eigenvalue weighted by Crippen LogP contribution is 2.41. The number of benzene rings is 3. The number of carbonyl (C=O) groups is 2. The highest BCUT2D eigenvalue weighted by atomic mass is 35.5. The molecule has 2 amide bonds.